The van der Waals surface area contributed by atoms with E-state index in [0.29, 0.717) is 16.0 Å². The van der Waals surface area contributed by atoms with E-state index < -0.39 is 20.9 Å². The second-order valence-corrected chi connectivity index (χ2v) is 12.4. The van der Waals surface area contributed by atoms with Crippen LogP contribution in [0, 0.1) is 0 Å². The third-order valence-electron chi connectivity index (χ3n) is 6.74. The molecule has 6 nitrogen and oxygen atoms in total. The molecule has 187 valence electrons. The Balaban J connectivity index is 1.84. The highest BCUT2D eigenvalue weighted by Gasteiger charge is 2.36. The molecule has 1 radical (unpaired) electrons. The maximum absolute atomic E-state index is 13.9. The van der Waals surface area contributed by atoms with Gasteiger partial charge in [-0.25, -0.2) is 9.19 Å². The van der Waals surface area contributed by atoms with E-state index in [1.807, 2.05) is 52.2 Å². The summed E-state index contributed by atoms with van der Waals surface area (Å²) in [5, 5.41) is 11.3. The number of rotatable bonds is 8. The van der Waals surface area contributed by atoms with Crippen molar-refractivity contribution in [2.45, 2.75) is 43.8 Å². The summed E-state index contributed by atoms with van der Waals surface area (Å²) in [6.45, 7) is 7.07. The molecule has 4 rings (SSSR count). The Kier molecular flexibility index (Phi) is 6.81. The van der Waals surface area contributed by atoms with Crippen LogP contribution in [0.15, 0.2) is 78.0 Å². The number of benzene rings is 2. The zero-order chi connectivity index (χ0) is 26.3. The van der Waals surface area contributed by atoms with E-state index in [2.05, 4.69) is 35.0 Å². The molecule has 2 aromatic carbocycles. The highest BCUT2D eigenvalue weighted by Crippen LogP contribution is 2.28. The molecule has 2 heterocycles. The maximum atomic E-state index is 13.9. The highest BCUT2D eigenvalue weighted by atomic mass is 32.2. The summed E-state index contributed by atoms with van der Waals surface area (Å²) in [4.78, 5) is 7.39. The lowest BCUT2D eigenvalue weighted by Gasteiger charge is -2.37. The van der Waals surface area contributed by atoms with Gasteiger partial charge in [0.1, 0.15) is 0 Å². The van der Waals surface area contributed by atoms with E-state index in [-0.39, 0.29) is 0 Å². The second kappa shape index (κ2) is 9.43. The van der Waals surface area contributed by atoms with Crippen LogP contribution in [0.4, 0.5) is 5.69 Å². The van der Waals surface area contributed by atoms with Crippen LogP contribution in [-0.4, -0.2) is 56.9 Å². The molecule has 1 unspecified atom stereocenters. The summed E-state index contributed by atoms with van der Waals surface area (Å²) in [5.41, 5.74) is 2.36. The van der Waals surface area contributed by atoms with Crippen molar-refractivity contribution in [2.75, 3.05) is 19.0 Å². The molecule has 0 bridgehead atoms. The number of aromatic nitrogens is 2. The van der Waals surface area contributed by atoms with Gasteiger partial charge in [0, 0.05) is 43.1 Å². The van der Waals surface area contributed by atoms with Crippen LogP contribution in [0.2, 0.25) is 0 Å². The molecule has 0 saturated carbocycles. The smallest absolute Gasteiger partial charge is 0.333 e. The number of fused-ring (bicyclic) bond motifs is 1. The first-order valence-electron chi connectivity index (χ1n) is 11.8. The molecular formula is C28H33BN3O3S. The Morgan fingerprint density at radius 2 is 1.67 bits per heavy atom. The van der Waals surface area contributed by atoms with Crippen LogP contribution in [0.25, 0.3) is 22.2 Å². The average Bonchev–Trinajstić information content (AvgIpc) is 3.21. The van der Waals surface area contributed by atoms with Crippen molar-refractivity contribution in [3.63, 3.8) is 0 Å². The average molecular weight is 502 g/mol. The monoisotopic (exact) mass is 502 g/mol. The largest absolute Gasteiger partial charge is 0.427 e. The van der Waals surface area contributed by atoms with Crippen LogP contribution >= 0.6 is 0 Å². The first-order chi connectivity index (χ1) is 16.8. The summed E-state index contributed by atoms with van der Waals surface area (Å²) >= 11 is 0. The molecule has 36 heavy (non-hydrogen) atoms. The fraction of sp³-hybridized carbons (Fsp3) is 0.286. The standard InChI is InChI=1S/C28H33BN3O3S/c1-27(2,33)28(3,4)35-29-25-19-32(36(7,34)23-11-9-8-10-12-23)26-24(25)17-21(18-30-26)20-13-15-22(16-14-20)31(5)6/h8-19,33H,7H2,1-6H3. The molecule has 2 aromatic heterocycles. The van der Waals surface area contributed by atoms with Crippen molar-refractivity contribution in [3.8, 4) is 11.1 Å². The van der Waals surface area contributed by atoms with Crippen LogP contribution < -0.4 is 10.4 Å². The van der Waals surface area contributed by atoms with Gasteiger partial charge in [0.15, 0.2) is 5.65 Å². The minimum Gasteiger partial charge on any atom is -0.427 e. The molecular weight excluding hydrogens is 469 g/mol. The van der Waals surface area contributed by atoms with Crippen molar-refractivity contribution < 1.29 is 14.0 Å². The van der Waals surface area contributed by atoms with Gasteiger partial charge < -0.3 is 14.7 Å². The number of hydrogen-bond acceptors (Lipinski definition) is 5. The lowest BCUT2D eigenvalue weighted by Crippen LogP contribution is -2.49. The summed E-state index contributed by atoms with van der Waals surface area (Å²) in [7, 11) is 2.72. The van der Waals surface area contributed by atoms with Gasteiger partial charge in [0.2, 0.25) is 0 Å². The van der Waals surface area contributed by atoms with Crippen molar-refractivity contribution >= 4 is 45.2 Å². The predicted molar refractivity (Wildman–Crippen MR) is 152 cm³/mol. The lowest BCUT2D eigenvalue weighted by molar-refractivity contribution is -0.0893. The summed E-state index contributed by atoms with van der Waals surface area (Å²) in [6, 6.07) is 19.4. The van der Waals surface area contributed by atoms with E-state index in [9.17, 15) is 9.32 Å². The molecule has 4 aromatic rings. The Morgan fingerprint density at radius 1 is 1.03 bits per heavy atom. The molecule has 0 saturated heterocycles. The van der Waals surface area contributed by atoms with Gasteiger partial charge >= 0.3 is 7.48 Å². The van der Waals surface area contributed by atoms with Crippen LogP contribution in [0.5, 0.6) is 0 Å². The van der Waals surface area contributed by atoms with E-state index >= 15 is 0 Å². The van der Waals surface area contributed by atoms with Crippen LogP contribution in [-0.2, 0) is 14.4 Å². The van der Waals surface area contributed by atoms with Gasteiger partial charge in [-0.1, -0.05) is 30.3 Å². The van der Waals surface area contributed by atoms with E-state index in [0.717, 1.165) is 22.2 Å². The highest BCUT2D eigenvalue weighted by molar-refractivity contribution is 7.99. The first kappa shape index (κ1) is 26.0. The first-order valence-corrected chi connectivity index (χ1v) is 13.4. The van der Waals surface area contributed by atoms with Gasteiger partial charge in [-0.2, -0.15) is 0 Å². The third-order valence-corrected chi connectivity index (χ3v) is 8.67. The number of hydrogen-bond donors (Lipinski definition) is 1. The lowest BCUT2D eigenvalue weighted by atomic mass is 9.82. The molecule has 0 aliphatic carbocycles. The normalized spacial score (nSPS) is 14.0. The van der Waals surface area contributed by atoms with Crippen LogP contribution in [0.3, 0.4) is 0 Å². The number of anilines is 1. The summed E-state index contributed by atoms with van der Waals surface area (Å²) in [5.74, 6) is 4.08. The number of pyridine rings is 1. The Hall–Kier alpha value is -3.07. The molecule has 0 spiro atoms. The number of nitrogens with zero attached hydrogens (tertiary/aromatic N) is 3. The molecule has 0 aliphatic rings. The second-order valence-electron chi connectivity index (χ2n) is 10.2. The van der Waals surface area contributed by atoms with Gasteiger partial charge in [0.25, 0.3) is 0 Å². The Labute approximate surface area is 215 Å². The zero-order valence-electron chi connectivity index (χ0n) is 21.7. The topological polar surface area (TPSA) is 67.6 Å². The molecule has 0 fully saturated rings. The Bertz CT molecular complexity index is 1470. The van der Waals surface area contributed by atoms with Crippen molar-refractivity contribution in [1.29, 1.82) is 0 Å². The van der Waals surface area contributed by atoms with Crippen molar-refractivity contribution in [1.82, 2.24) is 8.96 Å². The van der Waals surface area contributed by atoms with Crippen molar-refractivity contribution in [2.24, 2.45) is 0 Å². The maximum Gasteiger partial charge on any atom is 0.333 e. The molecule has 0 amide bonds. The quantitative estimate of drug-likeness (QED) is 0.290. The zero-order valence-corrected chi connectivity index (χ0v) is 22.5. The van der Waals surface area contributed by atoms with Crippen LogP contribution in [0.1, 0.15) is 27.7 Å². The van der Waals surface area contributed by atoms with Gasteiger partial charge in [0.05, 0.1) is 25.8 Å². The molecule has 8 heteroatoms. The van der Waals surface area contributed by atoms with E-state index in [1.54, 1.807) is 49.8 Å². The van der Waals surface area contributed by atoms with E-state index in [4.69, 9.17) is 9.64 Å². The predicted octanol–water partition coefficient (Wildman–Crippen LogP) is 4.12. The van der Waals surface area contributed by atoms with Gasteiger partial charge in [-0.05, 0) is 74.9 Å². The van der Waals surface area contributed by atoms with Gasteiger partial charge in [-0.3, -0.25) is 3.97 Å². The SMILES string of the molecule is C=S(=O)(c1ccccc1)n1cc([B]OC(C)(C)C(C)(C)O)c2cc(-c3ccc(N(C)C)cc3)cnc21. The minimum absolute atomic E-state index is 0.545. The third kappa shape index (κ3) is 4.94. The van der Waals surface area contributed by atoms with Crippen molar-refractivity contribution in [3.05, 3.63) is 73.1 Å². The number of aliphatic hydroxyl groups is 1. The molecule has 1 N–H and O–H groups in total. The van der Waals surface area contributed by atoms with Gasteiger partial charge in [-0.15, -0.1) is 0 Å². The minimum atomic E-state index is -2.90. The summed E-state index contributed by atoms with van der Waals surface area (Å²) < 4.78 is 21.6. The Morgan fingerprint density at radius 3 is 2.25 bits per heavy atom. The fourth-order valence-corrected chi connectivity index (χ4v) is 5.15. The summed E-state index contributed by atoms with van der Waals surface area (Å²) in [6.07, 6.45) is 3.55. The molecule has 1 atom stereocenters. The van der Waals surface area contributed by atoms with E-state index in [1.165, 1.54) is 0 Å². The fourth-order valence-electron chi connectivity index (χ4n) is 3.63. The molecule has 0 aliphatic heterocycles.